The number of nitriles is 1. The SMILES string of the molecule is COc1ccc(CN2CC(c3noc(-c4ccc(C#N)cc4)n3)CC2=O)c(OC)c1. The average Bonchev–Trinajstić information content (AvgIpc) is 3.41. The lowest BCUT2D eigenvalue weighted by Crippen LogP contribution is -2.24. The number of hydrogen-bond acceptors (Lipinski definition) is 7. The standard InChI is InChI=1S/C22H20N4O4/c1-28-18-8-7-16(19(10-18)29-2)12-26-13-17(9-20(26)27)21-24-22(30-25-21)15-5-3-14(11-23)4-6-15/h3-8,10,17H,9,12-13H2,1-2H3. The van der Waals surface area contributed by atoms with Gasteiger partial charge < -0.3 is 18.9 Å². The van der Waals surface area contributed by atoms with Crippen LogP contribution < -0.4 is 9.47 Å². The van der Waals surface area contributed by atoms with Crippen molar-refractivity contribution >= 4 is 5.91 Å². The molecule has 30 heavy (non-hydrogen) atoms. The Morgan fingerprint density at radius 1 is 1.20 bits per heavy atom. The van der Waals surface area contributed by atoms with Gasteiger partial charge in [0, 0.05) is 42.6 Å². The molecule has 0 aliphatic carbocycles. The van der Waals surface area contributed by atoms with Crippen molar-refractivity contribution in [2.45, 2.75) is 18.9 Å². The van der Waals surface area contributed by atoms with Crippen LogP contribution in [-0.2, 0) is 11.3 Å². The smallest absolute Gasteiger partial charge is 0.257 e. The van der Waals surface area contributed by atoms with Crippen LogP contribution in [0, 0.1) is 11.3 Å². The number of carbonyl (C=O) groups excluding carboxylic acids is 1. The molecule has 1 aliphatic rings. The maximum Gasteiger partial charge on any atom is 0.257 e. The summed E-state index contributed by atoms with van der Waals surface area (Å²) in [5, 5.41) is 13.0. The number of amides is 1. The molecule has 8 nitrogen and oxygen atoms in total. The maximum atomic E-state index is 12.6. The highest BCUT2D eigenvalue weighted by atomic mass is 16.5. The van der Waals surface area contributed by atoms with Gasteiger partial charge >= 0.3 is 0 Å². The average molecular weight is 404 g/mol. The molecule has 2 heterocycles. The van der Waals surface area contributed by atoms with E-state index in [0.29, 0.717) is 48.3 Å². The van der Waals surface area contributed by atoms with Gasteiger partial charge in [0.25, 0.3) is 5.89 Å². The van der Waals surface area contributed by atoms with E-state index in [1.54, 1.807) is 49.5 Å². The summed E-state index contributed by atoms with van der Waals surface area (Å²) < 4.78 is 16.0. The van der Waals surface area contributed by atoms with Crippen LogP contribution in [0.2, 0.25) is 0 Å². The van der Waals surface area contributed by atoms with Gasteiger partial charge in [-0.15, -0.1) is 0 Å². The second-order valence-corrected chi connectivity index (χ2v) is 7.00. The Kier molecular flexibility index (Phi) is 5.35. The molecule has 0 radical (unpaired) electrons. The summed E-state index contributed by atoms with van der Waals surface area (Å²) in [5.41, 5.74) is 2.19. The minimum absolute atomic E-state index is 0.0302. The second-order valence-electron chi connectivity index (χ2n) is 7.00. The molecule has 1 saturated heterocycles. The number of carbonyl (C=O) groups is 1. The molecule has 0 bridgehead atoms. The molecule has 1 atom stereocenters. The molecule has 0 saturated carbocycles. The summed E-state index contributed by atoms with van der Waals surface area (Å²) in [6, 6.07) is 14.5. The van der Waals surface area contributed by atoms with Crippen molar-refractivity contribution < 1.29 is 18.8 Å². The number of aromatic nitrogens is 2. The lowest BCUT2D eigenvalue weighted by molar-refractivity contribution is -0.128. The Hall–Kier alpha value is -3.86. The normalized spacial score (nSPS) is 15.8. The van der Waals surface area contributed by atoms with E-state index in [-0.39, 0.29) is 11.8 Å². The number of likely N-dealkylation sites (tertiary alicyclic amines) is 1. The van der Waals surface area contributed by atoms with Crippen LogP contribution in [0.1, 0.15) is 29.3 Å². The number of methoxy groups -OCH3 is 2. The van der Waals surface area contributed by atoms with E-state index in [0.717, 1.165) is 11.1 Å². The van der Waals surface area contributed by atoms with Gasteiger partial charge in [-0.1, -0.05) is 5.16 Å². The number of rotatable bonds is 6. The molecule has 1 fully saturated rings. The van der Waals surface area contributed by atoms with Crippen molar-refractivity contribution in [3.63, 3.8) is 0 Å². The third-order valence-electron chi connectivity index (χ3n) is 5.14. The summed E-state index contributed by atoms with van der Waals surface area (Å²) in [4.78, 5) is 18.8. The molecule has 3 aromatic rings. The number of nitrogens with zero attached hydrogens (tertiary/aromatic N) is 4. The third kappa shape index (κ3) is 3.82. The van der Waals surface area contributed by atoms with Crippen molar-refractivity contribution in [1.82, 2.24) is 15.0 Å². The highest BCUT2D eigenvalue weighted by molar-refractivity contribution is 5.79. The number of benzene rings is 2. The Balaban J connectivity index is 1.48. The van der Waals surface area contributed by atoms with Crippen molar-refractivity contribution in [2.75, 3.05) is 20.8 Å². The van der Waals surface area contributed by atoms with Crippen molar-refractivity contribution in [3.05, 3.63) is 59.4 Å². The largest absolute Gasteiger partial charge is 0.497 e. The second kappa shape index (κ2) is 8.25. The van der Waals surface area contributed by atoms with E-state index < -0.39 is 0 Å². The molecule has 152 valence electrons. The zero-order valence-electron chi connectivity index (χ0n) is 16.7. The van der Waals surface area contributed by atoms with Gasteiger partial charge in [0.1, 0.15) is 11.5 Å². The van der Waals surface area contributed by atoms with E-state index in [1.165, 1.54) is 0 Å². The van der Waals surface area contributed by atoms with Gasteiger partial charge in [0.15, 0.2) is 5.82 Å². The van der Waals surface area contributed by atoms with Crippen molar-refractivity contribution in [2.24, 2.45) is 0 Å². The molecule has 2 aromatic carbocycles. The molecule has 1 unspecified atom stereocenters. The summed E-state index contributed by atoms with van der Waals surface area (Å²) in [5.74, 6) is 2.14. The van der Waals surface area contributed by atoms with Crippen molar-refractivity contribution in [3.8, 4) is 29.0 Å². The predicted octanol–water partition coefficient (Wildman–Crippen LogP) is 3.14. The van der Waals surface area contributed by atoms with E-state index in [1.807, 2.05) is 12.1 Å². The molecule has 4 rings (SSSR count). The van der Waals surface area contributed by atoms with Gasteiger partial charge in [-0.25, -0.2) is 0 Å². The molecular weight excluding hydrogens is 384 g/mol. The first kappa shape index (κ1) is 19.5. The zero-order chi connectivity index (χ0) is 21.1. The molecule has 8 heteroatoms. The van der Waals surface area contributed by atoms with Crippen molar-refractivity contribution in [1.29, 1.82) is 5.26 Å². The Bertz CT molecular complexity index is 1100. The van der Waals surface area contributed by atoms with Gasteiger partial charge in [-0.2, -0.15) is 10.2 Å². The van der Waals surface area contributed by atoms with Gasteiger partial charge in [-0.05, 0) is 36.4 Å². The van der Waals surface area contributed by atoms with E-state index >= 15 is 0 Å². The molecule has 1 aromatic heterocycles. The fraction of sp³-hybridized carbons (Fsp3) is 0.273. The molecule has 0 N–H and O–H groups in total. The number of ether oxygens (including phenoxy) is 2. The summed E-state index contributed by atoms with van der Waals surface area (Å²) in [7, 11) is 3.19. The molecule has 0 spiro atoms. The molecule has 1 aliphatic heterocycles. The Morgan fingerprint density at radius 2 is 2.00 bits per heavy atom. The van der Waals surface area contributed by atoms with Crippen LogP contribution in [0.5, 0.6) is 11.5 Å². The summed E-state index contributed by atoms with van der Waals surface area (Å²) in [6.07, 6.45) is 0.324. The predicted molar refractivity (Wildman–Crippen MR) is 107 cm³/mol. The van der Waals surface area contributed by atoms with E-state index in [4.69, 9.17) is 19.3 Å². The van der Waals surface area contributed by atoms with Crippen LogP contribution in [0.4, 0.5) is 0 Å². The fourth-order valence-electron chi connectivity index (χ4n) is 3.49. The van der Waals surface area contributed by atoms with E-state index in [2.05, 4.69) is 16.2 Å². The highest BCUT2D eigenvalue weighted by Crippen LogP contribution is 2.32. The first-order chi connectivity index (χ1) is 14.6. The van der Waals surface area contributed by atoms with Crippen LogP contribution in [-0.4, -0.2) is 41.7 Å². The van der Waals surface area contributed by atoms with Gasteiger partial charge in [0.2, 0.25) is 5.91 Å². The fourth-order valence-corrected chi connectivity index (χ4v) is 3.49. The quantitative estimate of drug-likeness (QED) is 0.622. The maximum absolute atomic E-state index is 12.6. The zero-order valence-corrected chi connectivity index (χ0v) is 16.7. The van der Waals surface area contributed by atoms with Gasteiger partial charge in [-0.3, -0.25) is 4.79 Å². The molecular formula is C22H20N4O4. The van der Waals surface area contributed by atoms with Crippen LogP contribution >= 0.6 is 0 Å². The monoisotopic (exact) mass is 404 g/mol. The van der Waals surface area contributed by atoms with Crippen LogP contribution in [0.15, 0.2) is 47.0 Å². The number of hydrogen-bond donors (Lipinski definition) is 0. The molecule has 1 amide bonds. The lowest BCUT2D eigenvalue weighted by atomic mass is 10.1. The Morgan fingerprint density at radius 3 is 2.70 bits per heavy atom. The Labute approximate surface area is 173 Å². The summed E-state index contributed by atoms with van der Waals surface area (Å²) in [6.45, 7) is 0.934. The first-order valence-corrected chi connectivity index (χ1v) is 9.44. The third-order valence-corrected chi connectivity index (χ3v) is 5.14. The summed E-state index contributed by atoms with van der Waals surface area (Å²) >= 11 is 0. The van der Waals surface area contributed by atoms with Crippen LogP contribution in [0.25, 0.3) is 11.5 Å². The first-order valence-electron chi connectivity index (χ1n) is 9.44. The minimum Gasteiger partial charge on any atom is -0.497 e. The lowest BCUT2D eigenvalue weighted by Gasteiger charge is -2.18. The highest BCUT2D eigenvalue weighted by Gasteiger charge is 2.34. The van der Waals surface area contributed by atoms with Crippen LogP contribution in [0.3, 0.4) is 0 Å². The van der Waals surface area contributed by atoms with E-state index in [9.17, 15) is 4.79 Å². The van der Waals surface area contributed by atoms with Gasteiger partial charge in [0.05, 0.1) is 25.9 Å². The minimum atomic E-state index is -0.141. The topological polar surface area (TPSA) is 101 Å².